The van der Waals surface area contributed by atoms with Gasteiger partial charge in [0.1, 0.15) is 0 Å². The Morgan fingerprint density at radius 2 is 1.28 bits per heavy atom. The van der Waals surface area contributed by atoms with Crippen LogP contribution in [0.2, 0.25) is 0 Å². The second-order valence-corrected chi connectivity index (χ2v) is 7.26. The van der Waals surface area contributed by atoms with Crippen LogP contribution < -0.4 is 0 Å². The third kappa shape index (κ3) is 2.13. The zero-order chi connectivity index (χ0) is 17.0. The van der Waals surface area contributed by atoms with E-state index >= 15 is 0 Å². The van der Waals surface area contributed by atoms with Gasteiger partial charge in [-0.15, -0.1) is 0 Å². The minimum absolute atomic E-state index is 0.424. The van der Waals surface area contributed by atoms with Gasteiger partial charge in [-0.25, -0.2) is 0 Å². The van der Waals surface area contributed by atoms with Gasteiger partial charge in [0, 0.05) is 6.04 Å². The molecular weight excluding hydrogens is 302 g/mol. The molecule has 0 heterocycles. The average Bonchev–Trinajstić information content (AvgIpc) is 2.66. The van der Waals surface area contributed by atoms with Crippen molar-refractivity contribution in [3.8, 4) is 11.1 Å². The lowest BCUT2D eigenvalue weighted by Crippen LogP contribution is -2.25. The third-order valence-electron chi connectivity index (χ3n) is 5.62. The van der Waals surface area contributed by atoms with Crippen LogP contribution in [0.1, 0.15) is 17.2 Å². The summed E-state index contributed by atoms with van der Waals surface area (Å²) in [6.45, 7) is 0. The number of hydrogen-bond donors (Lipinski definition) is 0. The highest BCUT2D eigenvalue weighted by atomic mass is 15.1. The van der Waals surface area contributed by atoms with Crippen molar-refractivity contribution < 1.29 is 0 Å². The molecule has 0 amide bonds. The fraction of sp³-hybridized carbons (Fsp3) is 0.167. The Hall–Kier alpha value is -2.64. The molecule has 5 rings (SSSR count). The van der Waals surface area contributed by atoms with Crippen LogP contribution in [0.5, 0.6) is 0 Å². The first-order chi connectivity index (χ1) is 12.2. The van der Waals surface area contributed by atoms with E-state index in [1.165, 1.54) is 43.8 Å². The molecule has 1 atom stereocenters. The van der Waals surface area contributed by atoms with E-state index in [1.54, 1.807) is 0 Å². The summed E-state index contributed by atoms with van der Waals surface area (Å²) in [5, 5.41) is 5.38. The number of likely N-dealkylation sites (N-methyl/N-ethyl adjacent to an activating group) is 1. The standard InChI is InChI=1S/C24H21N/c1-25(2)22-15-18-12-11-16-7-3-5-9-19(16)23(18)24-20-10-6-4-8-17(20)13-14-21(22)24/h3-14,22H,15H2,1-2H3. The maximum absolute atomic E-state index is 2.35. The second-order valence-electron chi connectivity index (χ2n) is 7.26. The molecule has 1 nitrogen and oxygen atoms in total. The summed E-state index contributed by atoms with van der Waals surface area (Å²) in [5.41, 5.74) is 5.77. The molecule has 0 radical (unpaired) electrons. The van der Waals surface area contributed by atoms with Crippen molar-refractivity contribution >= 4 is 21.5 Å². The van der Waals surface area contributed by atoms with Gasteiger partial charge in [0.25, 0.3) is 0 Å². The van der Waals surface area contributed by atoms with Crippen LogP contribution in [-0.2, 0) is 6.42 Å². The maximum Gasteiger partial charge on any atom is 0.0388 e. The molecule has 0 saturated carbocycles. The molecule has 0 N–H and O–H groups in total. The number of nitrogens with zero attached hydrogens (tertiary/aromatic N) is 1. The van der Waals surface area contributed by atoms with E-state index in [0.29, 0.717) is 6.04 Å². The minimum atomic E-state index is 0.424. The molecule has 0 fully saturated rings. The molecule has 0 aliphatic heterocycles. The second kappa shape index (κ2) is 5.44. The fourth-order valence-corrected chi connectivity index (χ4v) is 4.41. The lowest BCUT2D eigenvalue weighted by molar-refractivity contribution is 0.296. The lowest BCUT2D eigenvalue weighted by atomic mass is 9.78. The summed E-state index contributed by atoms with van der Waals surface area (Å²) < 4.78 is 0. The van der Waals surface area contributed by atoms with Gasteiger partial charge in [-0.1, -0.05) is 72.8 Å². The summed E-state index contributed by atoms with van der Waals surface area (Å²) in [4.78, 5) is 2.35. The summed E-state index contributed by atoms with van der Waals surface area (Å²) >= 11 is 0. The molecule has 1 unspecified atom stereocenters. The predicted octanol–water partition coefficient (Wildman–Crippen LogP) is 5.82. The molecule has 4 aromatic rings. The molecule has 25 heavy (non-hydrogen) atoms. The van der Waals surface area contributed by atoms with E-state index in [2.05, 4.69) is 91.8 Å². The Morgan fingerprint density at radius 1 is 0.680 bits per heavy atom. The molecule has 1 aliphatic carbocycles. The largest absolute Gasteiger partial charge is 0.302 e. The molecule has 122 valence electrons. The van der Waals surface area contributed by atoms with Gasteiger partial charge in [-0.3, -0.25) is 0 Å². The lowest BCUT2D eigenvalue weighted by Gasteiger charge is -2.34. The molecule has 0 spiro atoms. The molecule has 0 aromatic heterocycles. The van der Waals surface area contributed by atoms with Crippen molar-refractivity contribution in [1.82, 2.24) is 4.90 Å². The maximum atomic E-state index is 2.35. The Labute approximate surface area is 148 Å². The van der Waals surface area contributed by atoms with Gasteiger partial charge in [-0.05, 0) is 64.3 Å². The van der Waals surface area contributed by atoms with Crippen molar-refractivity contribution in [2.75, 3.05) is 14.1 Å². The van der Waals surface area contributed by atoms with Crippen LogP contribution >= 0.6 is 0 Å². The average molecular weight is 323 g/mol. The number of fused-ring (bicyclic) bond motifs is 7. The summed E-state index contributed by atoms with van der Waals surface area (Å²) in [6, 6.07) is 27.2. The zero-order valence-electron chi connectivity index (χ0n) is 14.7. The first-order valence-electron chi connectivity index (χ1n) is 8.93. The first-order valence-corrected chi connectivity index (χ1v) is 8.93. The van der Waals surface area contributed by atoms with Gasteiger partial charge < -0.3 is 4.90 Å². The summed E-state index contributed by atoms with van der Waals surface area (Å²) in [5.74, 6) is 0. The van der Waals surface area contributed by atoms with Crippen LogP contribution in [0.4, 0.5) is 0 Å². The van der Waals surface area contributed by atoms with Crippen molar-refractivity contribution in [3.05, 3.63) is 83.9 Å². The van der Waals surface area contributed by atoms with Gasteiger partial charge in [0.05, 0.1) is 0 Å². The van der Waals surface area contributed by atoms with E-state index < -0.39 is 0 Å². The van der Waals surface area contributed by atoms with Crippen molar-refractivity contribution in [2.24, 2.45) is 0 Å². The SMILES string of the molecule is CN(C)C1Cc2ccc3ccccc3c2-c2c1ccc1ccccc21. The highest BCUT2D eigenvalue weighted by Crippen LogP contribution is 2.46. The van der Waals surface area contributed by atoms with Gasteiger partial charge in [0.15, 0.2) is 0 Å². The molecule has 1 aliphatic rings. The van der Waals surface area contributed by atoms with E-state index in [-0.39, 0.29) is 0 Å². The van der Waals surface area contributed by atoms with Gasteiger partial charge >= 0.3 is 0 Å². The van der Waals surface area contributed by atoms with Crippen LogP contribution in [0.3, 0.4) is 0 Å². The Bertz CT molecular complexity index is 1110. The van der Waals surface area contributed by atoms with Crippen molar-refractivity contribution in [2.45, 2.75) is 12.5 Å². The minimum Gasteiger partial charge on any atom is -0.302 e. The fourth-order valence-electron chi connectivity index (χ4n) is 4.41. The topological polar surface area (TPSA) is 3.24 Å². The Kier molecular flexibility index (Phi) is 3.19. The van der Waals surface area contributed by atoms with E-state index in [0.717, 1.165) is 6.42 Å². The molecule has 1 heteroatoms. The monoisotopic (exact) mass is 323 g/mol. The highest BCUT2D eigenvalue weighted by molar-refractivity contribution is 6.08. The zero-order valence-corrected chi connectivity index (χ0v) is 14.7. The van der Waals surface area contributed by atoms with E-state index in [1.807, 2.05) is 0 Å². The van der Waals surface area contributed by atoms with Crippen LogP contribution in [-0.4, -0.2) is 19.0 Å². The molecule has 4 aromatic carbocycles. The summed E-state index contributed by atoms with van der Waals surface area (Å²) in [6.07, 6.45) is 1.07. The van der Waals surface area contributed by atoms with Crippen LogP contribution in [0, 0.1) is 0 Å². The predicted molar refractivity (Wildman–Crippen MR) is 107 cm³/mol. The number of benzene rings is 4. The first kappa shape index (κ1) is 14.7. The Morgan fingerprint density at radius 3 is 1.96 bits per heavy atom. The Balaban J connectivity index is 1.97. The summed E-state index contributed by atoms with van der Waals surface area (Å²) in [7, 11) is 4.38. The van der Waals surface area contributed by atoms with E-state index in [9.17, 15) is 0 Å². The molecular formula is C24H21N. The third-order valence-corrected chi connectivity index (χ3v) is 5.62. The molecule has 0 saturated heterocycles. The van der Waals surface area contributed by atoms with Crippen molar-refractivity contribution in [3.63, 3.8) is 0 Å². The van der Waals surface area contributed by atoms with Crippen molar-refractivity contribution in [1.29, 1.82) is 0 Å². The quantitative estimate of drug-likeness (QED) is 0.427. The number of hydrogen-bond acceptors (Lipinski definition) is 1. The van der Waals surface area contributed by atoms with Gasteiger partial charge in [0.2, 0.25) is 0 Å². The van der Waals surface area contributed by atoms with Gasteiger partial charge in [-0.2, -0.15) is 0 Å². The molecule has 0 bridgehead atoms. The van der Waals surface area contributed by atoms with Crippen LogP contribution in [0.25, 0.3) is 32.7 Å². The van der Waals surface area contributed by atoms with Crippen LogP contribution in [0.15, 0.2) is 72.8 Å². The smallest absolute Gasteiger partial charge is 0.0388 e. The van der Waals surface area contributed by atoms with E-state index in [4.69, 9.17) is 0 Å². The highest BCUT2D eigenvalue weighted by Gasteiger charge is 2.28. The number of rotatable bonds is 1. The normalized spacial score (nSPS) is 16.2.